The van der Waals surface area contributed by atoms with Crippen molar-refractivity contribution in [1.82, 2.24) is 5.06 Å². The molecule has 0 aromatic heterocycles. The second-order valence-corrected chi connectivity index (χ2v) is 2.51. The summed E-state index contributed by atoms with van der Waals surface area (Å²) in [6.07, 6.45) is 1.57. The van der Waals surface area contributed by atoms with Crippen molar-refractivity contribution in [3.8, 4) is 0 Å². The van der Waals surface area contributed by atoms with Crippen molar-refractivity contribution >= 4 is 5.91 Å². The Labute approximate surface area is 58.7 Å². The first kappa shape index (κ1) is 6.12. The van der Waals surface area contributed by atoms with E-state index in [2.05, 4.69) is 0 Å². The number of carbonyl (C=O) groups is 1. The molecule has 0 bridgehead atoms. The molecule has 4 heteroatoms. The first-order valence-corrected chi connectivity index (χ1v) is 3.34. The highest BCUT2D eigenvalue weighted by atomic mass is 16.7. The number of nitrogens with zero attached hydrogens (tertiary/aromatic N) is 1. The summed E-state index contributed by atoms with van der Waals surface area (Å²) in [5.74, 6) is 0.0289. The molecule has 2 atom stereocenters. The summed E-state index contributed by atoms with van der Waals surface area (Å²) in [7, 11) is 1.49. The molecule has 0 saturated carbocycles. The molecule has 1 amide bonds. The van der Waals surface area contributed by atoms with Gasteiger partial charge in [-0.25, -0.2) is 0 Å². The number of hydrogen-bond donors (Lipinski definition) is 0. The average Bonchev–Trinajstić information content (AvgIpc) is 2.66. The minimum Gasteiger partial charge on any atom is -0.345 e. The van der Waals surface area contributed by atoms with Crippen molar-refractivity contribution in [2.75, 3.05) is 7.11 Å². The number of rotatable bonds is 1. The maximum atomic E-state index is 11.0. The van der Waals surface area contributed by atoms with Gasteiger partial charge in [0.05, 0.1) is 7.11 Å². The summed E-state index contributed by atoms with van der Waals surface area (Å²) >= 11 is 0. The Balaban J connectivity index is 2.06. The molecule has 0 aromatic rings. The van der Waals surface area contributed by atoms with Gasteiger partial charge < -0.3 is 4.74 Å². The zero-order chi connectivity index (χ0) is 7.14. The molecule has 2 fully saturated rings. The minimum atomic E-state index is -0.0775. The van der Waals surface area contributed by atoms with Crippen LogP contribution in [0.1, 0.15) is 12.8 Å². The third-order valence-electron chi connectivity index (χ3n) is 1.87. The van der Waals surface area contributed by atoms with Gasteiger partial charge in [0, 0.05) is 6.42 Å². The molecule has 2 rings (SSSR count). The number of carbonyl (C=O) groups excluding carboxylic acids is 1. The van der Waals surface area contributed by atoms with Crippen LogP contribution >= 0.6 is 0 Å². The molecule has 0 N–H and O–H groups in total. The fraction of sp³-hybridized carbons (Fsp3) is 0.833. The van der Waals surface area contributed by atoms with Crippen LogP contribution < -0.4 is 0 Å². The number of hydroxylamine groups is 2. The summed E-state index contributed by atoms with van der Waals surface area (Å²) in [6, 6.07) is 0. The average molecular weight is 143 g/mol. The predicted octanol–water partition coefficient (Wildman–Crippen LogP) is -0.105. The number of amides is 1. The van der Waals surface area contributed by atoms with Gasteiger partial charge in [0.2, 0.25) is 5.91 Å². The van der Waals surface area contributed by atoms with Crippen molar-refractivity contribution in [1.29, 1.82) is 0 Å². The second kappa shape index (κ2) is 1.93. The predicted molar refractivity (Wildman–Crippen MR) is 31.7 cm³/mol. The first-order chi connectivity index (χ1) is 4.83. The Bertz CT molecular complexity index is 170. The molecule has 2 saturated heterocycles. The number of epoxide rings is 1. The van der Waals surface area contributed by atoms with E-state index in [0.717, 1.165) is 6.42 Å². The van der Waals surface area contributed by atoms with Crippen molar-refractivity contribution in [2.45, 2.75) is 25.2 Å². The summed E-state index contributed by atoms with van der Waals surface area (Å²) in [4.78, 5) is 15.8. The molecule has 0 aliphatic carbocycles. The van der Waals surface area contributed by atoms with Gasteiger partial charge >= 0.3 is 0 Å². The molecule has 2 aliphatic heterocycles. The van der Waals surface area contributed by atoms with Gasteiger partial charge in [0.25, 0.3) is 0 Å². The third kappa shape index (κ3) is 0.726. The lowest BCUT2D eigenvalue weighted by Gasteiger charge is -2.19. The molecule has 2 aliphatic rings. The van der Waals surface area contributed by atoms with Crippen molar-refractivity contribution < 1.29 is 14.4 Å². The monoisotopic (exact) mass is 143 g/mol. The van der Waals surface area contributed by atoms with Crippen molar-refractivity contribution in [2.24, 2.45) is 0 Å². The zero-order valence-electron chi connectivity index (χ0n) is 5.74. The highest BCUT2D eigenvalue weighted by molar-refractivity contribution is 5.76. The maximum Gasteiger partial charge on any atom is 0.248 e. The lowest BCUT2D eigenvalue weighted by atomic mass is 10.1. The van der Waals surface area contributed by atoms with Crippen LogP contribution in [0.25, 0.3) is 0 Å². The molecular weight excluding hydrogens is 134 g/mol. The summed E-state index contributed by atoms with van der Waals surface area (Å²) in [5.41, 5.74) is 0. The highest BCUT2D eigenvalue weighted by Gasteiger charge is 2.50. The van der Waals surface area contributed by atoms with Crippen LogP contribution in [0.4, 0.5) is 0 Å². The van der Waals surface area contributed by atoms with Gasteiger partial charge in [0.1, 0.15) is 6.10 Å². The SMILES string of the molecule is CON1C(=O)CCC2OC21. The van der Waals surface area contributed by atoms with Gasteiger partial charge in [-0.3, -0.25) is 9.63 Å². The van der Waals surface area contributed by atoms with Crippen LogP contribution in [0.2, 0.25) is 0 Å². The smallest absolute Gasteiger partial charge is 0.248 e. The molecule has 2 unspecified atom stereocenters. The Morgan fingerprint density at radius 3 is 3.20 bits per heavy atom. The van der Waals surface area contributed by atoms with E-state index in [0.29, 0.717) is 6.42 Å². The van der Waals surface area contributed by atoms with Gasteiger partial charge in [-0.05, 0) is 6.42 Å². The number of ether oxygens (including phenoxy) is 1. The Kier molecular flexibility index (Phi) is 1.18. The normalized spacial score (nSPS) is 37.7. The largest absolute Gasteiger partial charge is 0.345 e. The van der Waals surface area contributed by atoms with Crippen LogP contribution in [-0.4, -0.2) is 30.4 Å². The number of piperidine rings is 1. The lowest BCUT2D eigenvalue weighted by Crippen LogP contribution is -2.37. The van der Waals surface area contributed by atoms with Gasteiger partial charge in [0.15, 0.2) is 6.23 Å². The maximum absolute atomic E-state index is 11.0. The van der Waals surface area contributed by atoms with E-state index in [1.807, 2.05) is 0 Å². The quantitative estimate of drug-likeness (QED) is 0.481. The van der Waals surface area contributed by atoms with Gasteiger partial charge in [-0.15, -0.1) is 0 Å². The van der Waals surface area contributed by atoms with Crippen LogP contribution in [-0.2, 0) is 14.4 Å². The van der Waals surface area contributed by atoms with Gasteiger partial charge in [-0.1, -0.05) is 0 Å². The number of hydrogen-bond acceptors (Lipinski definition) is 3. The van der Waals surface area contributed by atoms with E-state index in [1.54, 1.807) is 0 Å². The molecule has 56 valence electrons. The first-order valence-electron chi connectivity index (χ1n) is 3.34. The molecule has 2 heterocycles. The summed E-state index contributed by atoms with van der Waals surface area (Å²) in [5, 5.41) is 1.31. The Morgan fingerprint density at radius 2 is 2.60 bits per heavy atom. The summed E-state index contributed by atoms with van der Waals surface area (Å²) < 4.78 is 5.13. The van der Waals surface area contributed by atoms with Crippen LogP contribution in [0.15, 0.2) is 0 Å². The van der Waals surface area contributed by atoms with Crippen LogP contribution in [0.5, 0.6) is 0 Å². The zero-order valence-corrected chi connectivity index (χ0v) is 5.74. The molecule has 0 spiro atoms. The van der Waals surface area contributed by atoms with Crippen LogP contribution in [0, 0.1) is 0 Å². The van der Waals surface area contributed by atoms with E-state index in [9.17, 15) is 4.79 Å². The minimum absolute atomic E-state index is 0.0289. The molecule has 0 radical (unpaired) electrons. The lowest BCUT2D eigenvalue weighted by molar-refractivity contribution is -0.189. The standard InChI is InChI=1S/C6H9NO3/c1-9-7-5(8)3-2-4-6(7)10-4/h4,6H,2-3H2,1H3. The Hall–Kier alpha value is -0.610. The van der Waals surface area contributed by atoms with E-state index in [-0.39, 0.29) is 18.2 Å². The topological polar surface area (TPSA) is 42.1 Å². The van der Waals surface area contributed by atoms with Crippen molar-refractivity contribution in [3.05, 3.63) is 0 Å². The third-order valence-corrected chi connectivity index (χ3v) is 1.87. The molecule has 4 nitrogen and oxygen atoms in total. The molecule has 0 aromatic carbocycles. The van der Waals surface area contributed by atoms with E-state index < -0.39 is 0 Å². The highest BCUT2D eigenvalue weighted by Crippen LogP contribution is 2.34. The summed E-state index contributed by atoms with van der Waals surface area (Å²) in [6.45, 7) is 0. The number of fused-ring (bicyclic) bond motifs is 1. The van der Waals surface area contributed by atoms with Gasteiger partial charge in [-0.2, -0.15) is 5.06 Å². The second-order valence-electron chi connectivity index (χ2n) is 2.51. The molecule has 10 heavy (non-hydrogen) atoms. The van der Waals surface area contributed by atoms with E-state index in [4.69, 9.17) is 9.57 Å². The van der Waals surface area contributed by atoms with Crippen molar-refractivity contribution in [3.63, 3.8) is 0 Å². The van der Waals surface area contributed by atoms with E-state index in [1.165, 1.54) is 12.2 Å². The van der Waals surface area contributed by atoms with E-state index >= 15 is 0 Å². The fourth-order valence-electron chi connectivity index (χ4n) is 1.27. The molecular formula is C6H9NO3. The van der Waals surface area contributed by atoms with Crippen LogP contribution in [0.3, 0.4) is 0 Å². The Morgan fingerprint density at radius 1 is 1.80 bits per heavy atom. The fourth-order valence-corrected chi connectivity index (χ4v) is 1.27.